The van der Waals surface area contributed by atoms with Crippen LogP contribution < -0.4 is 5.32 Å². The number of halogens is 2. The molecular formula is C13H13BrFNO3. The smallest absolute Gasteiger partial charge is 0.311 e. The number of carboxylic acid groups (broad SMARTS) is 1. The zero-order valence-corrected chi connectivity index (χ0v) is 11.7. The van der Waals surface area contributed by atoms with Crippen molar-refractivity contribution in [2.24, 2.45) is 5.41 Å². The van der Waals surface area contributed by atoms with E-state index in [2.05, 4.69) is 21.2 Å². The van der Waals surface area contributed by atoms with Gasteiger partial charge in [0.1, 0.15) is 5.82 Å². The number of benzene rings is 1. The fourth-order valence-corrected chi connectivity index (χ4v) is 2.31. The normalized spacial score (nSPS) is 16.5. The zero-order valence-electron chi connectivity index (χ0n) is 10.1. The molecule has 19 heavy (non-hydrogen) atoms. The maximum Gasteiger partial charge on any atom is 0.311 e. The predicted molar refractivity (Wildman–Crippen MR) is 70.4 cm³/mol. The minimum Gasteiger partial charge on any atom is -0.481 e. The van der Waals surface area contributed by atoms with Crippen LogP contribution in [0.5, 0.6) is 0 Å². The van der Waals surface area contributed by atoms with Crippen LogP contribution in [0, 0.1) is 11.2 Å². The first-order valence-corrected chi connectivity index (χ1v) is 6.71. The van der Waals surface area contributed by atoms with Crippen molar-refractivity contribution in [1.82, 2.24) is 5.32 Å². The molecule has 4 nitrogen and oxygen atoms in total. The topological polar surface area (TPSA) is 66.4 Å². The van der Waals surface area contributed by atoms with Gasteiger partial charge in [-0.15, -0.1) is 0 Å². The molecule has 1 amide bonds. The molecule has 6 heteroatoms. The Morgan fingerprint density at radius 1 is 1.42 bits per heavy atom. The van der Waals surface area contributed by atoms with Crippen molar-refractivity contribution in [3.8, 4) is 0 Å². The number of aliphatic carboxylic acids is 1. The molecule has 0 aliphatic heterocycles. The molecule has 0 radical (unpaired) electrons. The predicted octanol–water partition coefficient (Wildman–Crippen LogP) is 2.57. The van der Waals surface area contributed by atoms with Crippen molar-refractivity contribution in [3.63, 3.8) is 0 Å². The fraction of sp³-hybridized carbons (Fsp3) is 0.385. The lowest BCUT2D eigenvalue weighted by molar-refractivity contribution is -0.153. The molecule has 1 fully saturated rings. The minimum atomic E-state index is -0.888. The Bertz CT molecular complexity index is 529. The number of rotatable bonds is 4. The van der Waals surface area contributed by atoms with Gasteiger partial charge in [-0.1, -0.05) is 6.42 Å². The van der Waals surface area contributed by atoms with Gasteiger partial charge in [-0.25, -0.2) is 4.39 Å². The van der Waals surface area contributed by atoms with Gasteiger partial charge < -0.3 is 10.4 Å². The Morgan fingerprint density at radius 2 is 2.11 bits per heavy atom. The summed E-state index contributed by atoms with van der Waals surface area (Å²) in [6.07, 6.45) is 1.99. The monoisotopic (exact) mass is 329 g/mol. The van der Waals surface area contributed by atoms with E-state index in [9.17, 15) is 14.0 Å². The highest BCUT2D eigenvalue weighted by atomic mass is 79.9. The first-order chi connectivity index (χ1) is 8.94. The number of amides is 1. The summed E-state index contributed by atoms with van der Waals surface area (Å²) < 4.78 is 13.6. The second kappa shape index (κ2) is 5.28. The highest BCUT2D eigenvalue weighted by Gasteiger charge is 2.44. The molecule has 0 spiro atoms. The second-order valence-electron chi connectivity index (χ2n) is 4.75. The average molecular weight is 330 g/mol. The number of hydrogen-bond acceptors (Lipinski definition) is 2. The van der Waals surface area contributed by atoms with Gasteiger partial charge >= 0.3 is 5.97 Å². The fourth-order valence-electron chi connectivity index (χ4n) is 2.06. The number of hydrogen-bond donors (Lipinski definition) is 2. The third kappa shape index (κ3) is 2.78. The first kappa shape index (κ1) is 14.0. The van der Waals surface area contributed by atoms with Crippen molar-refractivity contribution in [2.45, 2.75) is 19.3 Å². The lowest BCUT2D eigenvalue weighted by Crippen LogP contribution is -2.47. The third-order valence-corrected chi connectivity index (χ3v) is 4.18. The Labute approximate surface area is 118 Å². The van der Waals surface area contributed by atoms with Crippen LogP contribution in [0.2, 0.25) is 0 Å². The van der Waals surface area contributed by atoms with E-state index in [0.29, 0.717) is 12.8 Å². The maximum atomic E-state index is 13.3. The summed E-state index contributed by atoms with van der Waals surface area (Å²) in [6.45, 7) is 0.0822. The molecule has 0 unspecified atom stereocenters. The Morgan fingerprint density at radius 3 is 2.58 bits per heavy atom. The summed E-state index contributed by atoms with van der Waals surface area (Å²) in [5.74, 6) is -1.87. The van der Waals surface area contributed by atoms with Crippen LogP contribution in [-0.2, 0) is 4.79 Å². The van der Waals surface area contributed by atoms with Gasteiger partial charge in [0.05, 0.1) is 9.89 Å². The van der Waals surface area contributed by atoms with E-state index in [1.807, 2.05) is 0 Å². The molecule has 0 heterocycles. The van der Waals surface area contributed by atoms with Crippen LogP contribution in [0.25, 0.3) is 0 Å². The van der Waals surface area contributed by atoms with E-state index in [1.54, 1.807) is 0 Å². The molecule has 0 atom stereocenters. The van der Waals surface area contributed by atoms with Crippen LogP contribution in [-0.4, -0.2) is 23.5 Å². The number of carbonyl (C=O) groups excluding carboxylic acids is 1. The van der Waals surface area contributed by atoms with Crippen molar-refractivity contribution in [3.05, 3.63) is 34.1 Å². The molecule has 1 aliphatic rings. The van der Waals surface area contributed by atoms with E-state index in [0.717, 1.165) is 12.5 Å². The Kier molecular flexibility index (Phi) is 3.89. The molecule has 0 bridgehead atoms. The molecule has 0 saturated heterocycles. The molecule has 1 aliphatic carbocycles. The van der Waals surface area contributed by atoms with Crippen LogP contribution >= 0.6 is 15.9 Å². The molecule has 0 aromatic heterocycles. The summed E-state index contributed by atoms with van der Waals surface area (Å²) in [4.78, 5) is 23.0. The Balaban J connectivity index is 2.01. The van der Waals surface area contributed by atoms with E-state index in [4.69, 9.17) is 5.11 Å². The van der Waals surface area contributed by atoms with Gasteiger partial charge in [-0.3, -0.25) is 9.59 Å². The van der Waals surface area contributed by atoms with Crippen LogP contribution in [0.1, 0.15) is 29.6 Å². The lowest BCUT2D eigenvalue weighted by Gasteiger charge is -2.37. The van der Waals surface area contributed by atoms with E-state index in [-0.39, 0.29) is 16.6 Å². The van der Waals surface area contributed by atoms with E-state index >= 15 is 0 Å². The highest BCUT2D eigenvalue weighted by molar-refractivity contribution is 9.10. The lowest BCUT2D eigenvalue weighted by atomic mass is 9.69. The minimum absolute atomic E-state index is 0.0822. The standard InChI is InChI=1S/C13H13BrFNO3/c14-9-3-2-8(6-10(9)15)11(17)16-7-13(12(18)19)4-1-5-13/h2-3,6H,1,4-5,7H2,(H,16,17)(H,18,19). The van der Waals surface area contributed by atoms with Gasteiger partial charge in [0, 0.05) is 12.1 Å². The van der Waals surface area contributed by atoms with Gasteiger partial charge in [0.25, 0.3) is 5.91 Å². The van der Waals surface area contributed by atoms with Gasteiger partial charge in [0.2, 0.25) is 0 Å². The summed E-state index contributed by atoms with van der Waals surface area (Å²) >= 11 is 3.00. The number of carbonyl (C=O) groups is 2. The molecular weight excluding hydrogens is 317 g/mol. The number of nitrogens with one attached hydrogen (secondary N) is 1. The summed E-state index contributed by atoms with van der Waals surface area (Å²) in [6, 6.07) is 4.05. The van der Waals surface area contributed by atoms with Gasteiger partial charge in [0.15, 0.2) is 0 Å². The van der Waals surface area contributed by atoms with Crippen LogP contribution in [0.3, 0.4) is 0 Å². The summed E-state index contributed by atoms with van der Waals surface area (Å²) in [5.41, 5.74) is -0.663. The maximum absolute atomic E-state index is 13.3. The second-order valence-corrected chi connectivity index (χ2v) is 5.60. The quantitative estimate of drug-likeness (QED) is 0.892. The number of carboxylic acids is 1. The highest BCUT2D eigenvalue weighted by Crippen LogP contribution is 2.40. The molecule has 1 aromatic rings. The van der Waals surface area contributed by atoms with Crippen LogP contribution in [0.4, 0.5) is 4.39 Å². The van der Waals surface area contributed by atoms with Crippen molar-refractivity contribution in [1.29, 1.82) is 0 Å². The SMILES string of the molecule is O=C(NCC1(C(=O)O)CCC1)c1ccc(Br)c(F)c1. The average Bonchev–Trinajstić information content (AvgIpc) is 2.30. The van der Waals surface area contributed by atoms with Crippen LogP contribution in [0.15, 0.2) is 22.7 Å². The summed E-state index contributed by atoms with van der Waals surface area (Å²) in [5, 5.41) is 11.7. The zero-order chi connectivity index (χ0) is 14.0. The molecule has 102 valence electrons. The van der Waals surface area contributed by atoms with Gasteiger partial charge in [-0.2, -0.15) is 0 Å². The van der Waals surface area contributed by atoms with Crippen molar-refractivity contribution >= 4 is 27.8 Å². The molecule has 2 N–H and O–H groups in total. The van der Waals surface area contributed by atoms with Gasteiger partial charge in [-0.05, 0) is 47.0 Å². The van der Waals surface area contributed by atoms with E-state index < -0.39 is 23.1 Å². The third-order valence-electron chi connectivity index (χ3n) is 3.53. The van der Waals surface area contributed by atoms with Crippen molar-refractivity contribution in [2.75, 3.05) is 6.54 Å². The van der Waals surface area contributed by atoms with E-state index in [1.165, 1.54) is 12.1 Å². The molecule has 1 saturated carbocycles. The van der Waals surface area contributed by atoms with Crippen molar-refractivity contribution < 1.29 is 19.1 Å². The Hall–Kier alpha value is -1.43. The first-order valence-electron chi connectivity index (χ1n) is 5.91. The molecule has 1 aromatic carbocycles. The molecule has 2 rings (SSSR count). The largest absolute Gasteiger partial charge is 0.481 e. The summed E-state index contributed by atoms with van der Waals surface area (Å²) in [7, 11) is 0.